The third-order valence-corrected chi connectivity index (χ3v) is 3.30. The van der Waals surface area contributed by atoms with E-state index in [-0.39, 0.29) is 18.0 Å². The number of rotatable bonds is 4. The van der Waals surface area contributed by atoms with Gasteiger partial charge in [0.1, 0.15) is 5.78 Å². The number of Topliss-reactive ketones (excluding diaryl/α,β-unsaturated/α-hetero) is 1. The van der Waals surface area contributed by atoms with Crippen molar-refractivity contribution in [3.63, 3.8) is 0 Å². The molecule has 0 heterocycles. The van der Waals surface area contributed by atoms with Crippen LogP contribution in [-0.2, 0) is 11.4 Å². The number of aliphatic hydroxyl groups is 1. The van der Waals surface area contributed by atoms with Gasteiger partial charge in [0.15, 0.2) is 0 Å². The molecule has 0 radical (unpaired) electrons. The fraction of sp³-hybridized carbons (Fsp3) is 0.273. The van der Waals surface area contributed by atoms with E-state index in [2.05, 4.69) is 15.9 Å². The number of hydrogen-bond donors (Lipinski definition) is 2. The van der Waals surface area contributed by atoms with Crippen molar-refractivity contribution in [2.45, 2.75) is 18.4 Å². The van der Waals surface area contributed by atoms with E-state index in [1.54, 1.807) is 0 Å². The van der Waals surface area contributed by atoms with Crippen molar-refractivity contribution in [3.05, 3.63) is 34.9 Å². The molecule has 5 heteroatoms. The number of alkyl halides is 1. The minimum Gasteiger partial charge on any atom is -0.478 e. The Morgan fingerprint density at radius 2 is 2.06 bits per heavy atom. The first kappa shape index (κ1) is 12.9. The number of hydrogen-bond acceptors (Lipinski definition) is 3. The Hall–Kier alpha value is -1.20. The molecule has 2 N–H and O–H groups in total. The van der Waals surface area contributed by atoms with Crippen LogP contribution >= 0.6 is 15.9 Å². The second-order valence-corrected chi connectivity index (χ2v) is 4.27. The number of halogens is 1. The van der Waals surface area contributed by atoms with E-state index in [9.17, 15) is 9.59 Å². The molecule has 0 aliphatic carbocycles. The Kier molecular flexibility index (Phi) is 4.20. The summed E-state index contributed by atoms with van der Waals surface area (Å²) in [5.74, 6) is -1.28. The first-order valence-electron chi connectivity index (χ1n) is 4.59. The second-order valence-electron chi connectivity index (χ2n) is 3.36. The number of carboxylic acids is 1. The summed E-state index contributed by atoms with van der Waals surface area (Å²) in [4.78, 5) is 21.5. The Morgan fingerprint density at radius 1 is 1.44 bits per heavy atom. The normalized spacial score (nSPS) is 12.2. The van der Waals surface area contributed by atoms with Gasteiger partial charge in [-0.1, -0.05) is 28.1 Å². The number of carbonyl (C=O) groups is 2. The van der Waals surface area contributed by atoms with Crippen molar-refractivity contribution in [2.75, 3.05) is 0 Å². The van der Waals surface area contributed by atoms with Crippen LogP contribution < -0.4 is 0 Å². The van der Waals surface area contributed by atoms with E-state index in [1.165, 1.54) is 25.1 Å². The number of carbonyl (C=O) groups excluding carboxylic acids is 1. The Labute approximate surface area is 101 Å². The van der Waals surface area contributed by atoms with Crippen molar-refractivity contribution in [1.82, 2.24) is 0 Å². The van der Waals surface area contributed by atoms with Crippen LogP contribution in [-0.4, -0.2) is 22.0 Å². The molecular weight excluding hydrogens is 276 g/mol. The lowest BCUT2D eigenvalue weighted by Gasteiger charge is -2.11. The van der Waals surface area contributed by atoms with Gasteiger partial charge < -0.3 is 10.2 Å². The number of ketones is 1. The maximum Gasteiger partial charge on any atom is 0.336 e. The molecule has 0 fully saturated rings. The van der Waals surface area contributed by atoms with Crippen molar-refractivity contribution < 1.29 is 19.8 Å². The summed E-state index contributed by atoms with van der Waals surface area (Å²) in [5.41, 5.74) is 1.01. The van der Waals surface area contributed by atoms with E-state index < -0.39 is 10.8 Å². The molecule has 1 aromatic carbocycles. The molecular formula is C11H11BrO4. The summed E-state index contributed by atoms with van der Waals surface area (Å²) in [5, 5.41) is 17.9. The van der Waals surface area contributed by atoms with Crippen LogP contribution in [0.15, 0.2) is 18.2 Å². The monoisotopic (exact) mass is 286 g/mol. The third-order valence-electron chi connectivity index (χ3n) is 2.16. The van der Waals surface area contributed by atoms with E-state index in [1.807, 2.05) is 0 Å². The van der Waals surface area contributed by atoms with Crippen LogP contribution in [0.5, 0.6) is 0 Å². The number of aliphatic hydroxyl groups excluding tert-OH is 1. The molecule has 0 amide bonds. The van der Waals surface area contributed by atoms with E-state index >= 15 is 0 Å². The summed E-state index contributed by atoms with van der Waals surface area (Å²) in [7, 11) is 0. The topological polar surface area (TPSA) is 74.6 Å². The van der Waals surface area contributed by atoms with Gasteiger partial charge in [-0.2, -0.15) is 0 Å². The molecule has 86 valence electrons. The van der Waals surface area contributed by atoms with Crippen molar-refractivity contribution >= 4 is 27.7 Å². The van der Waals surface area contributed by atoms with E-state index in [0.29, 0.717) is 11.1 Å². The molecule has 16 heavy (non-hydrogen) atoms. The highest BCUT2D eigenvalue weighted by atomic mass is 79.9. The summed E-state index contributed by atoms with van der Waals surface area (Å²) >= 11 is 3.14. The third kappa shape index (κ3) is 2.68. The fourth-order valence-corrected chi connectivity index (χ4v) is 1.71. The highest BCUT2D eigenvalue weighted by Crippen LogP contribution is 2.28. The molecule has 0 aliphatic rings. The van der Waals surface area contributed by atoms with Gasteiger partial charge in [-0.05, 0) is 24.1 Å². The van der Waals surface area contributed by atoms with Crippen LogP contribution in [0.1, 0.15) is 33.2 Å². The van der Waals surface area contributed by atoms with Gasteiger partial charge >= 0.3 is 5.97 Å². The molecule has 0 aliphatic heterocycles. The molecule has 0 bridgehead atoms. The summed E-state index contributed by atoms with van der Waals surface area (Å²) in [6.45, 7) is 1.18. The molecule has 1 rings (SSSR count). The first-order valence-corrected chi connectivity index (χ1v) is 5.50. The fourth-order valence-electron chi connectivity index (χ4n) is 1.33. The average Bonchev–Trinajstić information content (AvgIpc) is 2.26. The smallest absolute Gasteiger partial charge is 0.336 e. The Balaban J connectivity index is 3.30. The predicted octanol–water partition coefficient (Wildman–Crippen LogP) is 1.90. The maximum atomic E-state index is 11.2. The van der Waals surface area contributed by atoms with Gasteiger partial charge in [-0.25, -0.2) is 4.79 Å². The Bertz CT molecular complexity index is 428. The van der Waals surface area contributed by atoms with Crippen molar-refractivity contribution in [3.8, 4) is 0 Å². The van der Waals surface area contributed by atoms with Gasteiger partial charge in [0.05, 0.1) is 17.0 Å². The Morgan fingerprint density at radius 3 is 2.50 bits per heavy atom. The summed E-state index contributed by atoms with van der Waals surface area (Å²) in [6.07, 6.45) is 0. The van der Waals surface area contributed by atoms with Crippen LogP contribution in [0.3, 0.4) is 0 Å². The molecule has 0 spiro atoms. The molecule has 1 aromatic rings. The van der Waals surface area contributed by atoms with E-state index in [4.69, 9.17) is 10.2 Å². The zero-order valence-corrected chi connectivity index (χ0v) is 10.2. The van der Waals surface area contributed by atoms with Crippen molar-refractivity contribution in [1.29, 1.82) is 0 Å². The van der Waals surface area contributed by atoms with Gasteiger partial charge in [0.25, 0.3) is 0 Å². The zero-order chi connectivity index (χ0) is 12.3. The second kappa shape index (κ2) is 5.23. The van der Waals surface area contributed by atoms with Gasteiger partial charge in [-0.15, -0.1) is 0 Å². The predicted molar refractivity (Wildman–Crippen MR) is 61.7 cm³/mol. The van der Waals surface area contributed by atoms with Crippen LogP contribution in [0.4, 0.5) is 0 Å². The molecule has 0 saturated heterocycles. The van der Waals surface area contributed by atoms with Crippen molar-refractivity contribution in [2.24, 2.45) is 0 Å². The largest absolute Gasteiger partial charge is 0.478 e. The number of carboxylic acid groups (broad SMARTS) is 1. The summed E-state index contributed by atoms with van der Waals surface area (Å²) in [6, 6.07) is 4.43. The molecule has 4 nitrogen and oxygen atoms in total. The lowest BCUT2D eigenvalue weighted by Crippen LogP contribution is -2.09. The van der Waals surface area contributed by atoms with Gasteiger partial charge in [0, 0.05) is 0 Å². The highest BCUT2D eigenvalue weighted by Gasteiger charge is 2.20. The first-order chi connectivity index (χ1) is 7.47. The molecule has 1 unspecified atom stereocenters. The van der Waals surface area contributed by atoms with Crippen LogP contribution in [0.25, 0.3) is 0 Å². The SMILES string of the molecule is CC(=O)C(Br)c1cc(CO)ccc1C(=O)O. The highest BCUT2D eigenvalue weighted by molar-refractivity contribution is 9.09. The quantitative estimate of drug-likeness (QED) is 0.829. The molecule has 1 atom stereocenters. The van der Waals surface area contributed by atoms with E-state index in [0.717, 1.165) is 0 Å². The average molecular weight is 287 g/mol. The minimum absolute atomic E-state index is 0.0641. The molecule has 0 aromatic heterocycles. The molecule has 0 saturated carbocycles. The van der Waals surface area contributed by atoms with Crippen LogP contribution in [0, 0.1) is 0 Å². The zero-order valence-electron chi connectivity index (χ0n) is 8.61. The van der Waals surface area contributed by atoms with Gasteiger partial charge in [0.2, 0.25) is 0 Å². The number of benzene rings is 1. The minimum atomic E-state index is -1.09. The lowest BCUT2D eigenvalue weighted by atomic mass is 10.00. The number of aromatic carboxylic acids is 1. The van der Waals surface area contributed by atoms with Crippen LogP contribution in [0.2, 0.25) is 0 Å². The van der Waals surface area contributed by atoms with Gasteiger partial charge in [-0.3, -0.25) is 4.79 Å². The standard InChI is InChI=1S/C11H11BrO4/c1-6(14)10(12)9-4-7(5-13)2-3-8(9)11(15)16/h2-4,10,13H,5H2,1H3,(H,15,16). The summed E-state index contributed by atoms with van der Waals surface area (Å²) < 4.78 is 0. The lowest BCUT2D eigenvalue weighted by molar-refractivity contribution is -0.116. The maximum absolute atomic E-state index is 11.2.